The highest BCUT2D eigenvalue weighted by atomic mass is 35.5. The maximum atomic E-state index is 12.5. The number of aliphatic imine (C=N–C) groups is 1. The highest BCUT2D eigenvalue weighted by Crippen LogP contribution is 2.31. The number of allylic oxidation sites excluding steroid dienone is 1. The second-order valence-electron chi connectivity index (χ2n) is 6.54. The lowest BCUT2D eigenvalue weighted by atomic mass is 10.0. The van der Waals surface area contributed by atoms with Crippen LogP contribution in [-0.4, -0.2) is 32.4 Å². The third-order valence-corrected chi connectivity index (χ3v) is 4.83. The Hall–Kier alpha value is -3.58. The van der Waals surface area contributed by atoms with Crippen LogP contribution in [0.15, 0.2) is 71.4 Å². The number of carbonyl (C=O) groups excluding carboxylic acids is 1. The molecular formula is C22H21ClN6O. The Balaban J connectivity index is 1.85. The number of amides is 1. The van der Waals surface area contributed by atoms with E-state index in [-0.39, 0.29) is 5.91 Å². The molecule has 0 unspecified atom stereocenters. The van der Waals surface area contributed by atoms with Gasteiger partial charge in [0.25, 0.3) is 5.91 Å². The molecule has 0 aliphatic carbocycles. The lowest BCUT2D eigenvalue weighted by molar-refractivity contribution is -0.112. The van der Waals surface area contributed by atoms with Crippen molar-refractivity contribution >= 4 is 30.0 Å². The molecule has 152 valence electrons. The fourth-order valence-corrected chi connectivity index (χ4v) is 2.99. The van der Waals surface area contributed by atoms with Crippen LogP contribution in [-0.2, 0) is 11.8 Å². The molecule has 0 bridgehead atoms. The van der Waals surface area contributed by atoms with Crippen LogP contribution in [0.2, 0.25) is 5.02 Å². The summed E-state index contributed by atoms with van der Waals surface area (Å²) in [6.07, 6.45) is 10.0. The molecule has 1 amide bonds. The van der Waals surface area contributed by atoms with Crippen molar-refractivity contribution in [3.8, 4) is 22.4 Å². The number of halogens is 1. The first-order chi connectivity index (χ1) is 14.4. The van der Waals surface area contributed by atoms with E-state index in [1.54, 1.807) is 17.1 Å². The predicted octanol–water partition coefficient (Wildman–Crippen LogP) is 4.69. The maximum absolute atomic E-state index is 12.5. The standard InChI is InChI=1S/C22H21ClN6O/c1-5-14(2)18(10-24-3)22(30)28-21-12-25-20(11-26-21)17-8-15(6-7-19(17)23)16-9-27-29(4)13-16/h5-13H,3H2,1-2,4H3,(H,26,28,30)/b14-5-,18-10+. The van der Waals surface area contributed by atoms with Gasteiger partial charge in [0.2, 0.25) is 0 Å². The second kappa shape index (κ2) is 9.28. The minimum atomic E-state index is -0.336. The molecule has 0 saturated heterocycles. The van der Waals surface area contributed by atoms with Crippen LogP contribution >= 0.6 is 11.6 Å². The Morgan fingerprint density at radius 2 is 2.03 bits per heavy atom. The lowest BCUT2D eigenvalue weighted by Gasteiger charge is -2.09. The monoisotopic (exact) mass is 420 g/mol. The summed E-state index contributed by atoms with van der Waals surface area (Å²) in [4.78, 5) is 24.9. The number of aromatic nitrogens is 4. The van der Waals surface area contributed by atoms with Crippen molar-refractivity contribution in [3.63, 3.8) is 0 Å². The Bertz CT molecular complexity index is 1140. The number of benzene rings is 1. The fraction of sp³-hybridized carbons (Fsp3) is 0.136. The zero-order valence-electron chi connectivity index (χ0n) is 16.9. The van der Waals surface area contributed by atoms with E-state index in [4.69, 9.17) is 11.6 Å². The third kappa shape index (κ3) is 4.69. The molecule has 0 spiro atoms. The van der Waals surface area contributed by atoms with Gasteiger partial charge in [-0.2, -0.15) is 5.10 Å². The Labute approximate surface area is 179 Å². The van der Waals surface area contributed by atoms with E-state index in [1.165, 1.54) is 12.4 Å². The summed E-state index contributed by atoms with van der Waals surface area (Å²) in [5.74, 6) is -0.0150. The molecule has 8 heteroatoms. The summed E-state index contributed by atoms with van der Waals surface area (Å²) < 4.78 is 1.74. The average molecular weight is 421 g/mol. The summed E-state index contributed by atoms with van der Waals surface area (Å²) in [5.41, 5.74) is 4.47. The van der Waals surface area contributed by atoms with Crippen LogP contribution in [0.25, 0.3) is 22.4 Å². The quantitative estimate of drug-likeness (QED) is 0.356. The smallest absolute Gasteiger partial charge is 0.258 e. The minimum absolute atomic E-state index is 0.321. The van der Waals surface area contributed by atoms with Gasteiger partial charge >= 0.3 is 0 Å². The van der Waals surface area contributed by atoms with Crippen LogP contribution in [0.5, 0.6) is 0 Å². The number of hydrogen-bond acceptors (Lipinski definition) is 5. The van der Waals surface area contributed by atoms with E-state index in [1.807, 2.05) is 51.4 Å². The van der Waals surface area contributed by atoms with Gasteiger partial charge in [-0.3, -0.25) is 19.5 Å². The molecule has 0 atom stereocenters. The summed E-state index contributed by atoms with van der Waals surface area (Å²) in [6, 6.07) is 5.68. The first kappa shape index (κ1) is 21.1. The zero-order valence-corrected chi connectivity index (χ0v) is 17.7. The van der Waals surface area contributed by atoms with Crippen molar-refractivity contribution in [2.24, 2.45) is 12.0 Å². The highest BCUT2D eigenvalue weighted by Gasteiger charge is 2.13. The minimum Gasteiger partial charge on any atom is -0.305 e. The molecule has 0 aliphatic heterocycles. The molecular weight excluding hydrogens is 400 g/mol. The van der Waals surface area contributed by atoms with Gasteiger partial charge in [0.05, 0.1) is 34.9 Å². The molecule has 3 aromatic rings. The normalized spacial score (nSPS) is 12.0. The van der Waals surface area contributed by atoms with Crippen molar-refractivity contribution in [3.05, 3.63) is 71.4 Å². The Kier molecular flexibility index (Phi) is 6.54. The van der Waals surface area contributed by atoms with Gasteiger partial charge in [-0.05, 0) is 43.8 Å². The molecule has 0 radical (unpaired) electrons. The second-order valence-corrected chi connectivity index (χ2v) is 6.94. The number of carbonyl (C=O) groups is 1. The number of nitrogens with zero attached hydrogens (tertiary/aromatic N) is 5. The van der Waals surface area contributed by atoms with E-state index in [0.717, 1.165) is 22.3 Å². The number of rotatable bonds is 6. The molecule has 0 aliphatic rings. The highest BCUT2D eigenvalue weighted by molar-refractivity contribution is 6.33. The first-order valence-corrected chi connectivity index (χ1v) is 9.52. The maximum Gasteiger partial charge on any atom is 0.258 e. The van der Waals surface area contributed by atoms with Crippen molar-refractivity contribution in [2.75, 3.05) is 5.32 Å². The van der Waals surface area contributed by atoms with Gasteiger partial charge in [0.1, 0.15) is 0 Å². The third-order valence-electron chi connectivity index (χ3n) is 4.50. The van der Waals surface area contributed by atoms with E-state index in [2.05, 4.69) is 32.1 Å². The summed E-state index contributed by atoms with van der Waals surface area (Å²) in [5, 5.41) is 7.48. The van der Waals surface area contributed by atoms with Gasteiger partial charge in [0, 0.05) is 30.6 Å². The summed E-state index contributed by atoms with van der Waals surface area (Å²) >= 11 is 6.39. The molecule has 3 rings (SSSR count). The Morgan fingerprint density at radius 3 is 2.63 bits per heavy atom. The summed E-state index contributed by atoms with van der Waals surface area (Å²) in [7, 11) is 1.86. The molecule has 0 saturated carbocycles. The molecule has 0 fully saturated rings. The number of hydrogen-bond donors (Lipinski definition) is 1. The van der Waals surface area contributed by atoms with Gasteiger partial charge < -0.3 is 5.32 Å². The largest absolute Gasteiger partial charge is 0.305 e. The van der Waals surface area contributed by atoms with Crippen LogP contribution < -0.4 is 5.32 Å². The predicted molar refractivity (Wildman–Crippen MR) is 120 cm³/mol. The lowest BCUT2D eigenvalue weighted by Crippen LogP contribution is -2.16. The van der Waals surface area contributed by atoms with Crippen molar-refractivity contribution < 1.29 is 4.79 Å². The van der Waals surface area contributed by atoms with E-state index in [9.17, 15) is 4.79 Å². The number of nitrogens with one attached hydrogen (secondary N) is 1. The van der Waals surface area contributed by atoms with E-state index < -0.39 is 0 Å². The van der Waals surface area contributed by atoms with Crippen LogP contribution in [0.3, 0.4) is 0 Å². The van der Waals surface area contributed by atoms with E-state index >= 15 is 0 Å². The fourth-order valence-electron chi connectivity index (χ4n) is 2.77. The van der Waals surface area contributed by atoms with E-state index in [0.29, 0.717) is 22.1 Å². The first-order valence-electron chi connectivity index (χ1n) is 9.14. The van der Waals surface area contributed by atoms with Gasteiger partial charge in [0.15, 0.2) is 5.82 Å². The molecule has 7 nitrogen and oxygen atoms in total. The van der Waals surface area contributed by atoms with Gasteiger partial charge in [-0.15, -0.1) is 0 Å². The van der Waals surface area contributed by atoms with Crippen LogP contribution in [0.1, 0.15) is 13.8 Å². The van der Waals surface area contributed by atoms with Gasteiger partial charge in [-0.25, -0.2) is 4.98 Å². The van der Waals surface area contributed by atoms with Crippen LogP contribution in [0, 0.1) is 0 Å². The molecule has 1 aromatic carbocycles. The Morgan fingerprint density at radius 1 is 1.23 bits per heavy atom. The van der Waals surface area contributed by atoms with Crippen molar-refractivity contribution in [1.82, 2.24) is 19.7 Å². The topological polar surface area (TPSA) is 85.1 Å². The van der Waals surface area contributed by atoms with Crippen LogP contribution in [0.4, 0.5) is 5.82 Å². The summed E-state index contributed by atoms with van der Waals surface area (Å²) in [6.45, 7) is 7.08. The van der Waals surface area contributed by atoms with Crippen molar-refractivity contribution in [1.29, 1.82) is 0 Å². The van der Waals surface area contributed by atoms with Gasteiger partial charge in [-0.1, -0.05) is 23.7 Å². The number of anilines is 1. The molecule has 2 aromatic heterocycles. The SMILES string of the molecule is C=N/C=C(C(=O)Nc1cnc(-c2cc(-c3cnn(C)c3)ccc2Cl)cn1)\C(C)=C/C. The molecule has 2 heterocycles. The van der Waals surface area contributed by atoms with Crippen molar-refractivity contribution in [2.45, 2.75) is 13.8 Å². The molecule has 1 N–H and O–H groups in total. The zero-order chi connectivity index (χ0) is 21.7. The number of aryl methyl sites for hydroxylation is 1. The molecule has 30 heavy (non-hydrogen) atoms. The average Bonchev–Trinajstić information content (AvgIpc) is 3.18.